The lowest BCUT2D eigenvalue weighted by atomic mass is 10.3. The van der Waals surface area contributed by atoms with E-state index in [1.165, 1.54) is 0 Å². The summed E-state index contributed by atoms with van der Waals surface area (Å²) < 4.78 is 0. The van der Waals surface area contributed by atoms with Crippen LogP contribution in [0, 0.1) is 0 Å². The van der Waals surface area contributed by atoms with E-state index in [0.717, 1.165) is 6.54 Å². The predicted octanol–water partition coefficient (Wildman–Crippen LogP) is 0.530. The fraction of sp³-hybridized carbons (Fsp3) is 0.600. The van der Waals surface area contributed by atoms with Gasteiger partial charge in [-0.15, -0.1) is 0 Å². The van der Waals surface area contributed by atoms with Gasteiger partial charge in [-0.3, -0.25) is 9.98 Å². The molecule has 1 unspecified atom stereocenters. The van der Waals surface area contributed by atoms with Gasteiger partial charge in [0.05, 0.1) is 12.6 Å². The third-order valence-electron chi connectivity index (χ3n) is 0.882. The van der Waals surface area contributed by atoms with Crippen molar-refractivity contribution in [3.8, 4) is 0 Å². The summed E-state index contributed by atoms with van der Waals surface area (Å²) in [7, 11) is 0. The summed E-state index contributed by atoms with van der Waals surface area (Å²) in [4.78, 5) is 8.04. The van der Waals surface area contributed by atoms with E-state index in [-0.39, 0.29) is 0 Å². The highest BCUT2D eigenvalue weighted by atomic mass is 14.9. The smallest absolute Gasteiger partial charge is 0.0667 e. The molecule has 0 fully saturated rings. The number of hydrogen-bond donors (Lipinski definition) is 0. The molecule has 38 valence electrons. The molecule has 0 aliphatic carbocycles. The zero-order valence-electron chi connectivity index (χ0n) is 4.33. The van der Waals surface area contributed by atoms with Gasteiger partial charge in [0.25, 0.3) is 0 Å². The number of rotatable bonds is 0. The summed E-state index contributed by atoms with van der Waals surface area (Å²) in [5.74, 6) is 0. The zero-order chi connectivity index (χ0) is 5.11. The minimum absolute atomic E-state index is 0.407. The fourth-order valence-corrected chi connectivity index (χ4v) is 0.493. The normalized spacial score (nSPS) is 28.4. The Kier molecular flexibility index (Phi) is 1.20. The average molecular weight is 96.1 g/mol. The van der Waals surface area contributed by atoms with E-state index in [1.54, 1.807) is 12.4 Å². The van der Waals surface area contributed by atoms with Crippen molar-refractivity contribution in [2.24, 2.45) is 9.98 Å². The maximum atomic E-state index is 4.06. The quantitative estimate of drug-likeness (QED) is 0.420. The Bertz CT molecular complexity index is 105. The molecule has 0 saturated carbocycles. The van der Waals surface area contributed by atoms with Crippen LogP contribution in [0.5, 0.6) is 0 Å². The van der Waals surface area contributed by atoms with Crippen molar-refractivity contribution < 1.29 is 0 Å². The van der Waals surface area contributed by atoms with Crippen LogP contribution >= 0.6 is 0 Å². The van der Waals surface area contributed by atoms with Gasteiger partial charge in [-0.25, -0.2) is 0 Å². The average Bonchev–Trinajstić information content (AvgIpc) is 1.69. The molecule has 2 heteroatoms. The minimum Gasteiger partial charge on any atom is -0.289 e. The highest BCUT2D eigenvalue weighted by molar-refractivity contribution is 6.16. The van der Waals surface area contributed by atoms with Crippen molar-refractivity contribution in [3.63, 3.8) is 0 Å². The van der Waals surface area contributed by atoms with Crippen molar-refractivity contribution in [2.75, 3.05) is 6.54 Å². The highest BCUT2D eigenvalue weighted by Gasteiger charge is 1.95. The van der Waals surface area contributed by atoms with Gasteiger partial charge in [0, 0.05) is 12.4 Å². The van der Waals surface area contributed by atoms with Gasteiger partial charge >= 0.3 is 0 Å². The van der Waals surface area contributed by atoms with E-state index in [2.05, 4.69) is 9.98 Å². The van der Waals surface area contributed by atoms with Gasteiger partial charge < -0.3 is 0 Å². The molecule has 0 spiro atoms. The molecular weight excluding hydrogens is 88.1 g/mol. The van der Waals surface area contributed by atoms with Gasteiger partial charge in [0.2, 0.25) is 0 Å². The maximum absolute atomic E-state index is 4.06. The summed E-state index contributed by atoms with van der Waals surface area (Å²) >= 11 is 0. The first-order valence-corrected chi connectivity index (χ1v) is 2.41. The second-order valence-corrected chi connectivity index (χ2v) is 1.66. The molecule has 0 N–H and O–H groups in total. The van der Waals surface area contributed by atoms with Crippen molar-refractivity contribution in [3.05, 3.63) is 0 Å². The van der Waals surface area contributed by atoms with Crippen LogP contribution in [0.1, 0.15) is 6.92 Å². The van der Waals surface area contributed by atoms with Crippen LogP contribution in [0.15, 0.2) is 9.98 Å². The monoisotopic (exact) mass is 96.1 g/mol. The van der Waals surface area contributed by atoms with Crippen LogP contribution in [0.25, 0.3) is 0 Å². The third kappa shape index (κ3) is 1.11. The van der Waals surface area contributed by atoms with Crippen molar-refractivity contribution in [1.82, 2.24) is 0 Å². The Hall–Kier alpha value is -0.660. The largest absolute Gasteiger partial charge is 0.289 e. The predicted molar refractivity (Wildman–Crippen MR) is 31.3 cm³/mol. The Morgan fingerprint density at radius 1 is 1.57 bits per heavy atom. The van der Waals surface area contributed by atoms with Crippen LogP contribution in [0.4, 0.5) is 0 Å². The Morgan fingerprint density at radius 3 is 2.71 bits per heavy atom. The lowest BCUT2D eigenvalue weighted by molar-refractivity contribution is 0.756. The summed E-state index contributed by atoms with van der Waals surface area (Å²) in [6.45, 7) is 2.91. The number of nitrogens with zero attached hydrogens (tertiary/aromatic N) is 2. The van der Waals surface area contributed by atoms with Crippen molar-refractivity contribution in [2.45, 2.75) is 13.0 Å². The Balaban J connectivity index is 2.49. The van der Waals surface area contributed by atoms with Crippen LogP contribution in [0.3, 0.4) is 0 Å². The molecule has 0 saturated heterocycles. The fourth-order valence-electron chi connectivity index (χ4n) is 0.493. The molecular formula is C5H8N2. The molecule has 1 aliphatic heterocycles. The molecule has 7 heavy (non-hydrogen) atoms. The second-order valence-electron chi connectivity index (χ2n) is 1.66. The molecule has 0 radical (unpaired) electrons. The second kappa shape index (κ2) is 1.87. The summed E-state index contributed by atoms with van der Waals surface area (Å²) in [6.07, 6.45) is 3.48. The molecule has 0 bridgehead atoms. The molecule has 0 aromatic rings. The molecule has 1 aliphatic rings. The van der Waals surface area contributed by atoms with E-state index in [0.29, 0.717) is 6.04 Å². The van der Waals surface area contributed by atoms with E-state index >= 15 is 0 Å². The maximum Gasteiger partial charge on any atom is 0.0667 e. The van der Waals surface area contributed by atoms with Gasteiger partial charge in [-0.2, -0.15) is 0 Å². The Morgan fingerprint density at radius 2 is 2.43 bits per heavy atom. The molecule has 0 aromatic heterocycles. The van der Waals surface area contributed by atoms with Gasteiger partial charge in [0.1, 0.15) is 0 Å². The molecule has 0 amide bonds. The first kappa shape index (κ1) is 4.50. The topological polar surface area (TPSA) is 24.7 Å². The van der Waals surface area contributed by atoms with E-state index in [4.69, 9.17) is 0 Å². The summed E-state index contributed by atoms with van der Waals surface area (Å²) in [5.41, 5.74) is 0. The summed E-state index contributed by atoms with van der Waals surface area (Å²) in [6, 6.07) is 0.407. The minimum atomic E-state index is 0.407. The van der Waals surface area contributed by atoms with E-state index in [9.17, 15) is 0 Å². The zero-order valence-corrected chi connectivity index (χ0v) is 4.33. The van der Waals surface area contributed by atoms with Crippen LogP contribution < -0.4 is 0 Å². The lowest BCUT2D eigenvalue weighted by Gasteiger charge is -2.01. The molecule has 1 heterocycles. The lowest BCUT2D eigenvalue weighted by Crippen LogP contribution is -2.07. The van der Waals surface area contributed by atoms with Gasteiger partial charge in [-0.1, -0.05) is 0 Å². The Labute approximate surface area is 43.0 Å². The first-order chi connectivity index (χ1) is 3.39. The van der Waals surface area contributed by atoms with Gasteiger partial charge in [0.15, 0.2) is 0 Å². The number of aliphatic imine (C=N–C) groups is 2. The highest BCUT2D eigenvalue weighted by Crippen LogP contribution is 1.90. The van der Waals surface area contributed by atoms with Crippen LogP contribution in [0.2, 0.25) is 0 Å². The first-order valence-electron chi connectivity index (χ1n) is 2.41. The molecule has 2 nitrogen and oxygen atoms in total. The van der Waals surface area contributed by atoms with Crippen LogP contribution in [-0.2, 0) is 0 Å². The number of hydrogen-bond acceptors (Lipinski definition) is 2. The van der Waals surface area contributed by atoms with Gasteiger partial charge in [-0.05, 0) is 6.92 Å². The SMILES string of the molecule is CC1CN=CC=N1. The molecule has 1 atom stereocenters. The third-order valence-corrected chi connectivity index (χ3v) is 0.882. The van der Waals surface area contributed by atoms with Crippen LogP contribution in [-0.4, -0.2) is 25.0 Å². The van der Waals surface area contributed by atoms with E-state index < -0.39 is 0 Å². The summed E-state index contributed by atoms with van der Waals surface area (Å²) in [5, 5.41) is 0. The van der Waals surface area contributed by atoms with E-state index in [1.807, 2.05) is 6.92 Å². The van der Waals surface area contributed by atoms with Crippen molar-refractivity contribution in [1.29, 1.82) is 0 Å². The van der Waals surface area contributed by atoms with Crippen molar-refractivity contribution >= 4 is 12.4 Å². The molecule has 0 aromatic carbocycles. The standard InChI is InChI=1S/C5H8N2/c1-5-4-6-2-3-7-5/h2-3,5H,4H2,1H3. The molecule has 1 rings (SSSR count).